The first-order valence-electron chi connectivity index (χ1n) is 8.61. The maximum Gasteiger partial charge on any atom is 0.250 e. The first-order chi connectivity index (χ1) is 13.8. The van der Waals surface area contributed by atoms with Crippen molar-refractivity contribution in [3.05, 3.63) is 78.4 Å². The Morgan fingerprint density at radius 1 is 1.00 bits per heavy atom. The minimum atomic E-state index is -0.182. The summed E-state index contributed by atoms with van der Waals surface area (Å²) < 4.78 is 0.757. The van der Waals surface area contributed by atoms with Crippen molar-refractivity contribution in [3.8, 4) is 10.6 Å². The number of hydrazone groups is 1. The minimum Gasteiger partial charge on any atom is -0.272 e. The van der Waals surface area contributed by atoms with Crippen molar-refractivity contribution in [2.24, 2.45) is 5.10 Å². The lowest BCUT2D eigenvalue weighted by Gasteiger charge is -2.01. The highest BCUT2D eigenvalue weighted by Crippen LogP contribution is 2.28. The van der Waals surface area contributed by atoms with Gasteiger partial charge in [0.25, 0.3) is 5.91 Å². The summed E-state index contributed by atoms with van der Waals surface area (Å²) in [6.45, 7) is 0. The first-order valence-corrected chi connectivity index (χ1v) is 10.4. The normalized spacial score (nSPS) is 11.1. The Bertz CT molecular complexity index is 1120. The quantitative estimate of drug-likeness (QED) is 0.290. The predicted molar refractivity (Wildman–Crippen MR) is 116 cm³/mol. The molecule has 28 heavy (non-hydrogen) atoms. The van der Waals surface area contributed by atoms with Gasteiger partial charge in [0.1, 0.15) is 5.01 Å². The molecular formula is C21H16N4OS2. The Balaban J connectivity index is 1.33. The van der Waals surface area contributed by atoms with Crippen molar-refractivity contribution >= 4 is 46.0 Å². The molecule has 0 spiro atoms. The van der Waals surface area contributed by atoms with Gasteiger partial charge in [-0.25, -0.2) is 5.43 Å². The molecule has 0 aliphatic heterocycles. The number of carbonyl (C=O) groups is 1. The van der Waals surface area contributed by atoms with Gasteiger partial charge in [-0.05, 0) is 10.8 Å². The number of benzene rings is 3. The Morgan fingerprint density at radius 2 is 1.79 bits per heavy atom. The summed E-state index contributed by atoms with van der Waals surface area (Å²) in [7, 11) is 0. The molecular weight excluding hydrogens is 388 g/mol. The van der Waals surface area contributed by atoms with E-state index in [1.54, 1.807) is 6.21 Å². The number of hydrogen-bond donors (Lipinski definition) is 1. The second kappa shape index (κ2) is 8.77. The summed E-state index contributed by atoms with van der Waals surface area (Å²) >= 11 is 2.82. The molecule has 4 aromatic rings. The van der Waals surface area contributed by atoms with Crippen molar-refractivity contribution in [1.82, 2.24) is 15.6 Å². The van der Waals surface area contributed by atoms with Crippen LogP contribution >= 0.6 is 23.1 Å². The van der Waals surface area contributed by atoms with Gasteiger partial charge in [-0.15, -0.1) is 10.2 Å². The highest BCUT2D eigenvalue weighted by molar-refractivity contribution is 8.01. The fourth-order valence-electron chi connectivity index (χ4n) is 2.66. The van der Waals surface area contributed by atoms with Gasteiger partial charge in [0.05, 0.1) is 12.0 Å². The molecule has 0 fully saturated rings. The van der Waals surface area contributed by atoms with E-state index in [2.05, 4.69) is 20.7 Å². The van der Waals surface area contributed by atoms with Crippen LogP contribution in [-0.2, 0) is 4.79 Å². The lowest BCUT2D eigenvalue weighted by Crippen LogP contribution is -2.19. The summed E-state index contributed by atoms with van der Waals surface area (Å²) in [6.07, 6.45) is 1.67. The third kappa shape index (κ3) is 4.44. The van der Waals surface area contributed by atoms with E-state index in [1.165, 1.54) is 23.1 Å². The molecule has 0 aliphatic rings. The number of thioether (sulfide) groups is 1. The van der Waals surface area contributed by atoms with Crippen LogP contribution in [0.5, 0.6) is 0 Å². The molecule has 1 amide bonds. The molecule has 3 aromatic carbocycles. The largest absolute Gasteiger partial charge is 0.272 e. The molecule has 4 rings (SSSR count). The van der Waals surface area contributed by atoms with Crippen LogP contribution in [0.25, 0.3) is 21.3 Å². The number of nitrogens with zero attached hydrogens (tertiary/aromatic N) is 3. The fraction of sp³-hybridized carbons (Fsp3) is 0.0476. The Kier molecular flexibility index (Phi) is 5.75. The molecule has 0 aliphatic carbocycles. The van der Waals surface area contributed by atoms with Crippen LogP contribution in [0.15, 0.2) is 82.2 Å². The first kappa shape index (κ1) is 18.3. The maximum atomic E-state index is 12.1. The highest BCUT2D eigenvalue weighted by atomic mass is 32.2. The molecule has 7 heteroatoms. The zero-order valence-electron chi connectivity index (χ0n) is 14.8. The number of nitrogens with one attached hydrogen (secondary N) is 1. The Labute approximate surface area is 170 Å². The van der Waals surface area contributed by atoms with E-state index >= 15 is 0 Å². The molecule has 0 saturated heterocycles. The SMILES string of the molecule is O=C(CSc1nnc(-c2ccccc2)s1)NN=Cc1cccc2ccccc12. The van der Waals surface area contributed by atoms with Crippen LogP contribution in [0.1, 0.15) is 5.56 Å². The summed E-state index contributed by atoms with van der Waals surface area (Å²) in [5.41, 5.74) is 4.56. The third-order valence-corrected chi connectivity index (χ3v) is 6.08. The molecule has 1 heterocycles. The average molecular weight is 405 g/mol. The van der Waals surface area contributed by atoms with Gasteiger partial charge in [0.2, 0.25) is 0 Å². The second-order valence-corrected chi connectivity index (χ2v) is 8.09. The lowest BCUT2D eigenvalue weighted by molar-refractivity contribution is -0.118. The van der Waals surface area contributed by atoms with Crippen molar-refractivity contribution in [2.45, 2.75) is 4.34 Å². The fourth-order valence-corrected chi connectivity index (χ4v) is 4.31. The van der Waals surface area contributed by atoms with Gasteiger partial charge in [-0.2, -0.15) is 5.10 Å². The monoisotopic (exact) mass is 404 g/mol. The number of aromatic nitrogens is 2. The van der Waals surface area contributed by atoms with Crippen molar-refractivity contribution in [3.63, 3.8) is 0 Å². The van der Waals surface area contributed by atoms with Gasteiger partial charge in [0, 0.05) is 11.1 Å². The summed E-state index contributed by atoms with van der Waals surface area (Å²) in [5, 5.41) is 15.5. The molecule has 5 nitrogen and oxygen atoms in total. The summed E-state index contributed by atoms with van der Waals surface area (Å²) in [5.74, 6) is 0.0500. The predicted octanol–water partition coefficient (Wildman–Crippen LogP) is 4.60. The highest BCUT2D eigenvalue weighted by Gasteiger charge is 2.09. The molecule has 0 radical (unpaired) electrons. The molecule has 0 saturated carbocycles. The smallest absolute Gasteiger partial charge is 0.250 e. The number of amides is 1. The number of hydrogen-bond acceptors (Lipinski definition) is 6. The lowest BCUT2D eigenvalue weighted by atomic mass is 10.1. The van der Waals surface area contributed by atoms with Crippen LogP contribution in [0, 0.1) is 0 Å². The third-order valence-electron chi connectivity index (χ3n) is 3.97. The van der Waals surface area contributed by atoms with E-state index in [0.29, 0.717) is 0 Å². The second-order valence-electron chi connectivity index (χ2n) is 5.89. The van der Waals surface area contributed by atoms with Crippen LogP contribution in [0.3, 0.4) is 0 Å². The van der Waals surface area contributed by atoms with Crippen LogP contribution in [0.4, 0.5) is 0 Å². The van der Waals surface area contributed by atoms with E-state index in [1.807, 2.05) is 72.8 Å². The van der Waals surface area contributed by atoms with Gasteiger partial charge < -0.3 is 0 Å². The van der Waals surface area contributed by atoms with E-state index in [4.69, 9.17) is 0 Å². The molecule has 138 valence electrons. The van der Waals surface area contributed by atoms with Crippen LogP contribution < -0.4 is 5.43 Å². The number of fused-ring (bicyclic) bond motifs is 1. The standard InChI is InChI=1S/C21H16N4OS2/c26-19(14-27-21-25-24-20(28-21)16-8-2-1-3-9-16)23-22-13-17-11-6-10-15-7-4-5-12-18(15)17/h1-13H,14H2,(H,23,26). The van der Waals surface area contributed by atoms with Crippen LogP contribution in [-0.4, -0.2) is 28.1 Å². The topological polar surface area (TPSA) is 67.2 Å². The van der Waals surface area contributed by atoms with E-state index in [-0.39, 0.29) is 11.7 Å². The summed E-state index contributed by atoms with van der Waals surface area (Å²) in [4.78, 5) is 12.1. The van der Waals surface area contributed by atoms with Crippen molar-refractivity contribution < 1.29 is 4.79 Å². The van der Waals surface area contributed by atoms with Crippen LogP contribution in [0.2, 0.25) is 0 Å². The molecule has 0 atom stereocenters. The summed E-state index contributed by atoms with van der Waals surface area (Å²) in [6, 6.07) is 23.9. The zero-order chi connectivity index (χ0) is 19.2. The van der Waals surface area contributed by atoms with Gasteiger partial charge in [0.15, 0.2) is 4.34 Å². The maximum absolute atomic E-state index is 12.1. The Morgan fingerprint density at radius 3 is 2.68 bits per heavy atom. The molecule has 0 unspecified atom stereocenters. The van der Waals surface area contributed by atoms with E-state index in [0.717, 1.165) is 31.2 Å². The average Bonchev–Trinajstić information content (AvgIpc) is 3.22. The molecule has 1 aromatic heterocycles. The molecule has 1 N–H and O–H groups in total. The number of carbonyl (C=O) groups excluding carboxylic acids is 1. The van der Waals surface area contributed by atoms with Gasteiger partial charge in [-0.1, -0.05) is 95.9 Å². The zero-order valence-corrected chi connectivity index (χ0v) is 16.4. The molecule has 0 bridgehead atoms. The van der Waals surface area contributed by atoms with E-state index in [9.17, 15) is 4.79 Å². The number of rotatable bonds is 6. The van der Waals surface area contributed by atoms with Crippen molar-refractivity contribution in [2.75, 3.05) is 5.75 Å². The van der Waals surface area contributed by atoms with Gasteiger partial charge >= 0.3 is 0 Å². The minimum absolute atomic E-state index is 0.182. The Hall–Kier alpha value is -3.03. The van der Waals surface area contributed by atoms with Gasteiger partial charge in [-0.3, -0.25) is 4.79 Å². The van der Waals surface area contributed by atoms with E-state index < -0.39 is 0 Å². The van der Waals surface area contributed by atoms with Crippen molar-refractivity contribution in [1.29, 1.82) is 0 Å².